The summed E-state index contributed by atoms with van der Waals surface area (Å²) < 4.78 is 4.90. The molecule has 248 valence electrons. The summed E-state index contributed by atoms with van der Waals surface area (Å²) in [5.74, 6) is 1.38. The molecule has 47 heavy (non-hydrogen) atoms. The molecule has 1 aromatic heterocycles. The summed E-state index contributed by atoms with van der Waals surface area (Å²) in [6.07, 6.45) is 0. The van der Waals surface area contributed by atoms with Crippen LogP contribution in [-0.4, -0.2) is 59.2 Å². The number of carbonyl (C=O) groups excluding carboxylic acids is 3. The van der Waals surface area contributed by atoms with Gasteiger partial charge in [0.25, 0.3) is 5.56 Å². The summed E-state index contributed by atoms with van der Waals surface area (Å²) in [6.45, 7) is 3.04. The van der Waals surface area contributed by atoms with Crippen molar-refractivity contribution in [3.8, 4) is 0 Å². The predicted octanol–water partition coefficient (Wildman–Crippen LogP) is 2.48. The monoisotopic (exact) mass is 719 g/mol. The fourth-order valence-electron chi connectivity index (χ4n) is 3.76. The van der Waals surface area contributed by atoms with E-state index in [2.05, 4.69) is 63.6 Å². The van der Waals surface area contributed by atoms with Crippen molar-refractivity contribution in [3.63, 3.8) is 0 Å². The number of nitrogens with zero attached hydrogens (tertiary/aromatic N) is 2. The van der Waals surface area contributed by atoms with Crippen LogP contribution in [0, 0.1) is 0 Å². The first-order valence-electron chi connectivity index (χ1n) is 13.4. The van der Waals surface area contributed by atoms with Crippen LogP contribution in [0.1, 0.15) is 0 Å². The highest BCUT2D eigenvalue weighted by Crippen LogP contribution is 2.46. The number of H-pyrrole nitrogens is 2. The second kappa shape index (κ2) is 22.7. The number of guanidine groups is 1. The van der Waals surface area contributed by atoms with E-state index in [1.165, 1.54) is 5.94 Å². The number of nitrogens with two attached hydrogens (primary N) is 1. The SMILES string of the molecule is C=C=O.CN=C1NCC(=O)N1.ClCCl.NC(=O)CN=P(c1ccccc1)(c1ccccc1)c1ccccc1.O=c1cc(Cl)[nH]c(=O)[nH]1. The number of benzene rings is 3. The molecule has 0 bridgehead atoms. The van der Waals surface area contributed by atoms with E-state index in [9.17, 15) is 19.2 Å². The van der Waals surface area contributed by atoms with E-state index in [1.807, 2.05) is 59.6 Å². The molecule has 0 saturated carbocycles. The molecule has 3 aromatic carbocycles. The van der Waals surface area contributed by atoms with E-state index >= 15 is 0 Å². The van der Waals surface area contributed by atoms with Crippen LogP contribution in [0.5, 0.6) is 0 Å². The molecule has 2 amide bonds. The maximum Gasteiger partial charge on any atom is 0.326 e. The average molecular weight is 721 g/mol. The van der Waals surface area contributed by atoms with Crippen LogP contribution >= 0.6 is 41.9 Å². The van der Waals surface area contributed by atoms with Crippen LogP contribution in [0.15, 0.2) is 123 Å². The number of primary amides is 1. The zero-order valence-electron chi connectivity index (χ0n) is 25.2. The molecule has 2 heterocycles. The van der Waals surface area contributed by atoms with E-state index in [1.54, 1.807) is 7.05 Å². The van der Waals surface area contributed by atoms with Gasteiger partial charge in [-0.25, -0.2) is 9.59 Å². The lowest BCUT2D eigenvalue weighted by atomic mass is 10.4. The molecule has 5 rings (SSSR count). The molecule has 12 nitrogen and oxygen atoms in total. The van der Waals surface area contributed by atoms with Gasteiger partial charge in [-0.05, 0) is 6.58 Å². The minimum Gasteiger partial charge on any atom is -0.368 e. The Hall–Kier alpha value is -4.70. The number of hydrogen-bond donors (Lipinski definition) is 5. The molecule has 16 heteroatoms. The topological polar surface area (TPSA) is 192 Å². The van der Waals surface area contributed by atoms with Crippen LogP contribution in [-0.2, 0) is 14.4 Å². The fourth-order valence-corrected chi connectivity index (χ4v) is 7.49. The molecule has 1 fully saturated rings. The third kappa shape index (κ3) is 14.5. The predicted molar refractivity (Wildman–Crippen MR) is 192 cm³/mol. The zero-order valence-corrected chi connectivity index (χ0v) is 28.3. The average Bonchev–Trinajstić information content (AvgIpc) is 3.49. The Morgan fingerprint density at radius 3 is 1.60 bits per heavy atom. The Kier molecular flexibility index (Phi) is 19.5. The molecule has 1 saturated heterocycles. The van der Waals surface area contributed by atoms with Gasteiger partial charge in [0.1, 0.15) is 17.6 Å². The molecule has 4 aromatic rings. The van der Waals surface area contributed by atoms with E-state index < -0.39 is 24.2 Å². The lowest BCUT2D eigenvalue weighted by molar-refractivity contribution is -0.118. The highest BCUT2D eigenvalue weighted by molar-refractivity contribution is 7.87. The second-order valence-electron chi connectivity index (χ2n) is 8.56. The Morgan fingerprint density at radius 2 is 1.32 bits per heavy atom. The molecular formula is C31H33Cl3N7O5P. The first kappa shape index (κ1) is 40.3. The van der Waals surface area contributed by atoms with E-state index in [-0.39, 0.29) is 22.9 Å². The molecule has 0 unspecified atom stereocenters. The normalized spacial score (nSPS) is 11.9. The first-order valence-corrected chi connectivity index (χ1v) is 16.6. The highest BCUT2D eigenvalue weighted by atomic mass is 35.5. The third-order valence-electron chi connectivity index (χ3n) is 5.45. The fraction of sp³-hybridized carbons (Fsp3) is 0.129. The number of amides is 2. The maximum absolute atomic E-state index is 11.5. The summed E-state index contributed by atoms with van der Waals surface area (Å²) in [7, 11) is -0.664. The first-order chi connectivity index (χ1) is 22.6. The Labute approximate surface area is 286 Å². The molecule has 1 aliphatic rings. The summed E-state index contributed by atoms with van der Waals surface area (Å²) in [6, 6.07) is 31.6. The van der Waals surface area contributed by atoms with Crippen molar-refractivity contribution in [3.05, 3.63) is 130 Å². The molecular weight excluding hydrogens is 688 g/mol. The maximum atomic E-state index is 11.5. The Bertz CT molecular complexity index is 1650. The number of hydrogen-bond acceptors (Lipinski definition) is 7. The minimum atomic E-state index is -2.28. The van der Waals surface area contributed by atoms with Gasteiger partial charge in [-0.1, -0.05) is 103 Å². The third-order valence-corrected chi connectivity index (χ3v) is 9.36. The van der Waals surface area contributed by atoms with Crippen molar-refractivity contribution in [1.29, 1.82) is 0 Å². The number of alkyl halides is 2. The smallest absolute Gasteiger partial charge is 0.326 e. The quantitative estimate of drug-likeness (QED) is 0.0911. The van der Waals surface area contributed by atoms with Gasteiger partial charge in [-0.3, -0.25) is 39.4 Å². The standard InChI is InChI=1S/C20H19N2OP.C4H3ClN2O2.C4H7N3O.C2H2O.CH2Cl2/c21-20(23)16-22-24(17-10-4-1-5-11-17,18-12-6-2-7-13-18)19-14-8-3-9-15-19;5-2-1-3(8)7-4(9)6-2;1-5-4-6-2-3(8)7-4;1-2-3;2-1-3/h1-15H,16H2,(H2,21,23);1H,(H2,6,7,8,9);2H2,1H3,(H2,5,6,7,8);2*1H2. The molecule has 1 aliphatic heterocycles. The van der Waals surface area contributed by atoms with Gasteiger partial charge in [0.2, 0.25) is 11.8 Å². The van der Waals surface area contributed by atoms with Crippen LogP contribution in [0.2, 0.25) is 5.15 Å². The van der Waals surface area contributed by atoms with E-state index in [4.69, 9.17) is 50.1 Å². The van der Waals surface area contributed by atoms with Crippen molar-refractivity contribution in [2.75, 3.05) is 25.5 Å². The van der Waals surface area contributed by atoms with Crippen molar-refractivity contribution < 1.29 is 14.4 Å². The minimum absolute atomic E-state index is 0.00641. The Morgan fingerprint density at radius 1 is 0.894 bits per heavy atom. The van der Waals surface area contributed by atoms with E-state index in [0.717, 1.165) is 22.0 Å². The Balaban J connectivity index is 0.000000391. The van der Waals surface area contributed by atoms with Crippen LogP contribution in [0.4, 0.5) is 0 Å². The van der Waals surface area contributed by atoms with Gasteiger partial charge >= 0.3 is 5.69 Å². The number of halogens is 3. The van der Waals surface area contributed by atoms with Gasteiger partial charge in [-0.15, -0.1) is 23.2 Å². The molecule has 6 N–H and O–H groups in total. The van der Waals surface area contributed by atoms with Gasteiger partial charge in [0.05, 0.1) is 18.9 Å². The van der Waals surface area contributed by atoms with Gasteiger partial charge in [-0.2, -0.15) is 0 Å². The zero-order chi connectivity index (χ0) is 35.1. The summed E-state index contributed by atoms with van der Waals surface area (Å²) in [5.41, 5.74) is 4.33. The molecule has 0 radical (unpaired) electrons. The lowest BCUT2D eigenvalue weighted by Gasteiger charge is -2.26. The molecule has 0 spiro atoms. The van der Waals surface area contributed by atoms with E-state index in [0.29, 0.717) is 12.5 Å². The summed E-state index contributed by atoms with van der Waals surface area (Å²) >= 11 is 14.8. The van der Waals surface area contributed by atoms with Gasteiger partial charge in [0.15, 0.2) is 5.96 Å². The van der Waals surface area contributed by atoms with Crippen molar-refractivity contribution in [2.45, 2.75) is 0 Å². The number of nitrogens with one attached hydrogen (secondary N) is 4. The van der Waals surface area contributed by atoms with Crippen LogP contribution in [0.3, 0.4) is 0 Å². The van der Waals surface area contributed by atoms with Crippen LogP contribution in [0.25, 0.3) is 0 Å². The lowest BCUT2D eigenvalue weighted by Crippen LogP contribution is -2.26. The van der Waals surface area contributed by atoms with Crippen LogP contribution < -0.4 is 43.5 Å². The van der Waals surface area contributed by atoms with Crippen molar-refractivity contribution >= 4 is 81.5 Å². The summed E-state index contributed by atoms with van der Waals surface area (Å²) in [5, 5.41) is 8.83. The number of aliphatic imine (C=N–C) groups is 1. The molecule has 0 aliphatic carbocycles. The van der Waals surface area contributed by atoms with Crippen molar-refractivity contribution in [2.24, 2.45) is 15.5 Å². The second-order valence-corrected chi connectivity index (χ2v) is 12.9. The van der Waals surface area contributed by atoms with Gasteiger partial charge in [0, 0.05) is 29.0 Å². The number of aromatic amines is 2. The number of aromatic nitrogens is 2. The molecule has 0 atom stereocenters. The largest absolute Gasteiger partial charge is 0.368 e. The number of rotatable bonds is 5. The highest BCUT2D eigenvalue weighted by Gasteiger charge is 2.26. The number of carbonyl (C=O) groups is 2. The van der Waals surface area contributed by atoms with Gasteiger partial charge < -0.3 is 11.1 Å². The van der Waals surface area contributed by atoms with Crippen molar-refractivity contribution in [1.82, 2.24) is 20.6 Å². The summed E-state index contributed by atoms with van der Waals surface area (Å²) in [4.78, 5) is 58.9.